The van der Waals surface area contributed by atoms with Crippen molar-refractivity contribution in [2.45, 2.75) is 13.8 Å². The molecule has 0 atom stereocenters. The molecule has 1 heterocycles. The summed E-state index contributed by atoms with van der Waals surface area (Å²) < 4.78 is 0.715. The molecule has 1 aromatic heterocycles. The molecule has 0 aliphatic rings. The van der Waals surface area contributed by atoms with Crippen LogP contribution in [0.4, 0.5) is 10.8 Å². The van der Waals surface area contributed by atoms with Crippen LogP contribution in [-0.4, -0.2) is 23.0 Å². The number of aromatic nitrogens is 1. The van der Waals surface area contributed by atoms with Gasteiger partial charge in [0.2, 0.25) is 0 Å². The number of hydrogen-bond donors (Lipinski definition) is 0. The highest BCUT2D eigenvalue weighted by molar-refractivity contribution is 7.21. The molecule has 2 rings (SSSR count). The van der Waals surface area contributed by atoms with Crippen molar-refractivity contribution < 1.29 is 4.92 Å². The highest BCUT2D eigenvalue weighted by atomic mass is 32.1. The van der Waals surface area contributed by atoms with Crippen molar-refractivity contribution in [3.63, 3.8) is 0 Å². The second-order valence-corrected chi connectivity index (χ2v) is 4.92. The zero-order valence-electron chi connectivity index (χ0n) is 10.6. The number of rotatable bonds is 4. The smallest absolute Gasteiger partial charge is 0.281 e. The summed E-state index contributed by atoms with van der Waals surface area (Å²) in [4.78, 5) is 28.1. The first kappa shape index (κ1) is 13.4. The monoisotopic (exact) mass is 279 g/mol. The Balaban J connectivity index is 2.62. The van der Waals surface area contributed by atoms with Gasteiger partial charge in [0, 0.05) is 29.9 Å². The van der Waals surface area contributed by atoms with E-state index in [2.05, 4.69) is 4.98 Å². The summed E-state index contributed by atoms with van der Waals surface area (Å²) in [6.45, 7) is 5.50. The van der Waals surface area contributed by atoms with Crippen LogP contribution in [0.5, 0.6) is 0 Å². The summed E-state index contributed by atoms with van der Waals surface area (Å²) in [5, 5.41) is 11.7. The molecule has 0 unspecified atom stereocenters. The van der Waals surface area contributed by atoms with Gasteiger partial charge in [0.05, 0.1) is 10.3 Å². The van der Waals surface area contributed by atoms with Gasteiger partial charge in [-0.1, -0.05) is 11.3 Å². The van der Waals surface area contributed by atoms with Crippen LogP contribution in [0.2, 0.25) is 0 Å². The van der Waals surface area contributed by atoms with Gasteiger partial charge in [0.25, 0.3) is 11.2 Å². The molecule has 0 fully saturated rings. The number of fused-ring (bicyclic) bond motifs is 1. The summed E-state index contributed by atoms with van der Waals surface area (Å²) >= 11 is 1.37. The minimum atomic E-state index is -0.512. The van der Waals surface area contributed by atoms with Crippen molar-refractivity contribution in [1.82, 2.24) is 4.98 Å². The molecule has 1 aromatic carbocycles. The average Bonchev–Trinajstić information content (AvgIpc) is 2.39. The molecule has 2 aromatic rings. The summed E-state index contributed by atoms with van der Waals surface area (Å²) in [6, 6.07) is 4.30. The van der Waals surface area contributed by atoms with E-state index in [0.717, 1.165) is 13.1 Å². The Bertz CT molecular complexity index is 679. The Morgan fingerprint density at radius 2 is 2.05 bits per heavy atom. The molecule has 0 N–H and O–H groups in total. The molecule has 0 aliphatic carbocycles. The number of anilines is 1. The van der Waals surface area contributed by atoms with E-state index in [1.165, 1.54) is 23.5 Å². The van der Waals surface area contributed by atoms with Crippen LogP contribution in [0.15, 0.2) is 23.0 Å². The SMILES string of the molecule is CCN(CC)c1nc(=O)c2cc([N+](=O)[O-])ccc2s1. The lowest BCUT2D eigenvalue weighted by molar-refractivity contribution is -0.384. The topological polar surface area (TPSA) is 76.3 Å². The molecule has 0 saturated heterocycles. The third-order valence-electron chi connectivity index (χ3n) is 2.84. The quantitative estimate of drug-likeness (QED) is 0.634. The van der Waals surface area contributed by atoms with E-state index in [1.807, 2.05) is 18.7 Å². The van der Waals surface area contributed by atoms with Crippen LogP contribution in [0.25, 0.3) is 10.1 Å². The van der Waals surface area contributed by atoms with Gasteiger partial charge in [-0.25, -0.2) is 0 Å². The Kier molecular flexibility index (Phi) is 3.75. The number of nitro groups is 1. The molecule has 0 saturated carbocycles. The maximum absolute atomic E-state index is 12.0. The molecule has 0 aliphatic heterocycles. The van der Waals surface area contributed by atoms with Crippen molar-refractivity contribution in [3.05, 3.63) is 38.7 Å². The first-order valence-electron chi connectivity index (χ1n) is 5.91. The van der Waals surface area contributed by atoms with Gasteiger partial charge in [-0.15, -0.1) is 0 Å². The number of nitrogens with zero attached hydrogens (tertiary/aromatic N) is 3. The predicted octanol–water partition coefficient (Wildman–Crippen LogP) is 2.41. The van der Waals surface area contributed by atoms with Crippen molar-refractivity contribution in [2.24, 2.45) is 0 Å². The van der Waals surface area contributed by atoms with Gasteiger partial charge in [-0.2, -0.15) is 4.98 Å². The van der Waals surface area contributed by atoms with Gasteiger partial charge in [0.1, 0.15) is 0 Å². The van der Waals surface area contributed by atoms with E-state index in [1.54, 1.807) is 6.07 Å². The van der Waals surface area contributed by atoms with E-state index >= 15 is 0 Å². The fraction of sp³-hybridized carbons (Fsp3) is 0.333. The first-order valence-corrected chi connectivity index (χ1v) is 6.72. The lowest BCUT2D eigenvalue weighted by Crippen LogP contribution is -2.24. The van der Waals surface area contributed by atoms with Crippen molar-refractivity contribution in [2.75, 3.05) is 18.0 Å². The van der Waals surface area contributed by atoms with Gasteiger partial charge in [-0.3, -0.25) is 14.9 Å². The summed E-state index contributed by atoms with van der Waals surface area (Å²) in [6.07, 6.45) is 0. The van der Waals surface area contributed by atoms with E-state index in [9.17, 15) is 14.9 Å². The second kappa shape index (κ2) is 5.31. The number of benzene rings is 1. The average molecular weight is 279 g/mol. The number of hydrogen-bond acceptors (Lipinski definition) is 6. The third kappa shape index (κ3) is 2.55. The van der Waals surface area contributed by atoms with Crippen molar-refractivity contribution in [3.8, 4) is 0 Å². The minimum absolute atomic E-state index is 0.0887. The minimum Gasteiger partial charge on any atom is -0.349 e. The van der Waals surface area contributed by atoms with Crippen LogP contribution < -0.4 is 10.5 Å². The lowest BCUT2D eigenvalue weighted by Gasteiger charge is -2.18. The van der Waals surface area contributed by atoms with Crippen LogP contribution >= 0.6 is 11.3 Å². The molecule has 0 bridgehead atoms. The van der Waals surface area contributed by atoms with Crippen LogP contribution in [0, 0.1) is 10.1 Å². The van der Waals surface area contributed by atoms with Crippen LogP contribution in [0.3, 0.4) is 0 Å². The Labute approximate surface area is 113 Å². The largest absolute Gasteiger partial charge is 0.349 e. The molecule has 0 radical (unpaired) electrons. The molecule has 0 amide bonds. The van der Waals surface area contributed by atoms with Gasteiger partial charge < -0.3 is 4.90 Å². The Morgan fingerprint density at radius 1 is 1.37 bits per heavy atom. The highest BCUT2D eigenvalue weighted by Gasteiger charge is 2.13. The number of non-ortho nitro benzene ring substituents is 1. The molecular weight excluding hydrogens is 266 g/mol. The van der Waals surface area contributed by atoms with Gasteiger partial charge in [-0.05, 0) is 19.9 Å². The standard InChI is InChI=1S/C12H13N3O3S/c1-3-14(4-2)12-13-11(16)9-7-8(15(17)18)5-6-10(9)19-12/h5-7H,3-4H2,1-2H3. The summed E-state index contributed by atoms with van der Waals surface area (Å²) in [7, 11) is 0. The van der Waals surface area contributed by atoms with Gasteiger partial charge in [0.15, 0.2) is 5.13 Å². The molecule has 19 heavy (non-hydrogen) atoms. The third-order valence-corrected chi connectivity index (χ3v) is 3.94. The molecule has 6 nitrogen and oxygen atoms in total. The maximum atomic E-state index is 12.0. The Hall–Kier alpha value is -2.02. The van der Waals surface area contributed by atoms with Crippen LogP contribution in [-0.2, 0) is 0 Å². The summed E-state index contributed by atoms with van der Waals surface area (Å²) in [5.74, 6) is 0. The fourth-order valence-electron chi connectivity index (χ4n) is 1.79. The van der Waals surface area contributed by atoms with Crippen molar-refractivity contribution in [1.29, 1.82) is 0 Å². The first-order chi connectivity index (χ1) is 9.06. The number of nitro benzene ring substituents is 1. The van der Waals surface area contributed by atoms with E-state index in [4.69, 9.17) is 0 Å². The predicted molar refractivity (Wildman–Crippen MR) is 76.1 cm³/mol. The molecule has 100 valence electrons. The second-order valence-electron chi connectivity index (χ2n) is 3.91. The van der Waals surface area contributed by atoms with Crippen molar-refractivity contribution >= 4 is 32.2 Å². The summed E-state index contributed by atoms with van der Waals surface area (Å²) in [5.41, 5.74) is -0.506. The zero-order valence-corrected chi connectivity index (χ0v) is 11.4. The van der Waals surface area contributed by atoms with E-state index in [0.29, 0.717) is 15.2 Å². The Morgan fingerprint density at radius 3 is 2.63 bits per heavy atom. The molecule has 7 heteroatoms. The van der Waals surface area contributed by atoms with E-state index < -0.39 is 10.5 Å². The molecular formula is C12H13N3O3S. The van der Waals surface area contributed by atoms with Crippen LogP contribution in [0.1, 0.15) is 13.8 Å². The highest BCUT2D eigenvalue weighted by Crippen LogP contribution is 2.26. The molecule has 0 spiro atoms. The zero-order chi connectivity index (χ0) is 14.0. The maximum Gasteiger partial charge on any atom is 0.281 e. The normalized spacial score (nSPS) is 10.6. The fourth-order valence-corrected chi connectivity index (χ4v) is 2.89. The van der Waals surface area contributed by atoms with E-state index in [-0.39, 0.29) is 5.69 Å². The van der Waals surface area contributed by atoms with Gasteiger partial charge >= 0.3 is 0 Å². The lowest BCUT2D eigenvalue weighted by atomic mass is 10.2.